The van der Waals surface area contributed by atoms with Crippen LogP contribution < -0.4 is 4.74 Å². The first kappa shape index (κ1) is 18.7. The Morgan fingerprint density at radius 3 is 2.65 bits per heavy atom. The van der Waals surface area contributed by atoms with Crippen LogP contribution in [-0.2, 0) is 19.5 Å². The molecule has 1 unspecified atom stereocenters. The van der Waals surface area contributed by atoms with Gasteiger partial charge in [0.25, 0.3) is 0 Å². The van der Waals surface area contributed by atoms with Crippen molar-refractivity contribution in [2.45, 2.75) is 65.3 Å². The monoisotopic (exact) mass is 357 g/mol. The lowest BCUT2D eigenvalue weighted by atomic mass is 10.0. The molecule has 3 rings (SSSR count). The van der Waals surface area contributed by atoms with E-state index in [1.165, 1.54) is 0 Å². The van der Waals surface area contributed by atoms with Crippen LogP contribution in [0.3, 0.4) is 0 Å². The van der Waals surface area contributed by atoms with Gasteiger partial charge in [0.15, 0.2) is 11.5 Å². The number of hydrogen-bond donors (Lipinski definition) is 1. The Hall–Kier alpha value is -2.07. The summed E-state index contributed by atoms with van der Waals surface area (Å²) in [6.45, 7) is 9.57. The molecule has 0 saturated heterocycles. The number of aromatic hydroxyl groups is 1. The van der Waals surface area contributed by atoms with Crippen LogP contribution in [0.25, 0.3) is 0 Å². The summed E-state index contributed by atoms with van der Waals surface area (Å²) in [5.41, 5.74) is 2.72. The summed E-state index contributed by atoms with van der Waals surface area (Å²) >= 11 is 0. The third kappa shape index (κ3) is 4.36. The summed E-state index contributed by atoms with van der Waals surface area (Å²) < 4.78 is 19.8. The number of benzene rings is 2. The molecule has 1 heterocycles. The van der Waals surface area contributed by atoms with E-state index in [9.17, 15) is 9.50 Å². The molecule has 0 saturated carbocycles. The molecular formula is C22H28FNO2. The lowest BCUT2D eigenvalue weighted by Gasteiger charge is -2.24. The molecule has 1 aliphatic heterocycles. The molecule has 0 fully saturated rings. The summed E-state index contributed by atoms with van der Waals surface area (Å²) in [6, 6.07) is 11.3. The predicted molar refractivity (Wildman–Crippen MR) is 102 cm³/mol. The molecule has 0 radical (unpaired) electrons. The smallest absolute Gasteiger partial charge is 0.161 e. The van der Waals surface area contributed by atoms with E-state index >= 15 is 0 Å². The van der Waals surface area contributed by atoms with Crippen molar-refractivity contribution in [3.8, 4) is 11.5 Å². The van der Waals surface area contributed by atoms with Crippen molar-refractivity contribution in [1.29, 1.82) is 0 Å². The summed E-state index contributed by atoms with van der Waals surface area (Å²) in [6.07, 6.45) is 1.85. The van der Waals surface area contributed by atoms with Crippen molar-refractivity contribution < 1.29 is 14.2 Å². The van der Waals surface area contributed by atoms with Gasteiger partial charge in [0, 0.05) is 24.7 Å². The second-order valence-corrected chi connectivity index (χ2v) is 8.19. The molecule has 26 heavy (non-hydrogen) atoms. The lowest BCUT2D eigenvalue weighted by molar-refractivity contribution is 0.125. The Morgan fingerprint density at radius 2 is 1.96 bits per heavy atom. The van der Waals surface area contributed by atoms with E-state index in [1.807, 2.05) is 39.0 Å². The number of phenolic OH excluding ortho intramolecular Hbond substituents is 1. The standard InChI is InChI=1S/C22H28FNO2/c1-15(24-13-17-6-5-7-19(23)18(17)14-24)8-9-16-10-11-20(25)21(12-16)26-22(2,3)4/h5-7,10-12,15,25H,8-9,13-14H2,1-4H3. The van der Waals surface area contributed by atoms with Crippen LogP contribution in [0.5, 0.6) is 11.5 Å². The zero-order valence-electron chi connectivity index (χ0n) is 16.1. The van der Waals surface area contributed by atoms with Crippen LogP contribution in [0.1, 0.15) is 50.8 Å². The van der Waals surface area contributed by atoms with Gasteiger partial charge in [0.2, 0.25) is 0 Å². The van der Waals surface area contributed by atoms with Gasteiger partial charge in [0.05, 0.1) is 0 Å². The fourth-order valence-electron chi connectivity index (χ4n) is 3.40. The number of nitrogens with zero attached hydrogens (tertiary/aromatic N) is 1. The Kier molecular flexibility index (Phi) is 5.24. The van der Waals surface area contributed by atoms with E-state index in [0.717, 1.165) is 36.1 Å². The second-order valence-electron chi connectivity index (χ2n) is 8.19. The maximum atomic E-state index is 13.9. The zero-order valence-corrected chi connectivity index (χ0v) is 16.1. The molecule has 0 spiro atoms. The number of ether oxygens (including phenoxy) is 1. The fraction of sp³-hybridized carbons (Fsp3) is 0.455. The Bertz CT molecular complexity index is 782. The molecule has 0 bridgehead atoms. The summed E-state index contributed by atoms with van der Waals surface area (Å²) in [4.78, 5) is 2.32. The average Bonchev–Trinajstić information content (AvgIpc) is 3.00. The van der Waals surface area contributed by atoms with Crippen molar-refractivity contribution in [2.75, 3.05) is 0 Å². The topological polar surface area (TPSA) is 32.7 Å². The molecule has 0 aliphatic carbocycles. The van der Waals surface area contributed by atoms with Crippen molar-refractivity contribution in [1.82, 2.24) is 4.90 Å². The summed E-state index contributed by atoms with van der Waals surface area (Å²) in [7, 11) is 0. The Labute approximate surface area is 155 Å². The van der Waals surface area contributed by atoms with Crippen LogP contribution in [0.4, 0.5) is 4.39 Å². The fourth-order valence-corrected chi connectivity index (χ4v) is 3.40. The highest BCUT2D eigenvalue weighted by Crippen LogP contribution is 2.31. The second kappa shape index (κ2) is 7.28. The SMILES string of the molecule is CC(CCc1ccc(O)c(OC(C)(C)C)c1)N1Cc2cccc(F)c2C1. The molecule has 1 atom stereocenters. The van der Waals surface area contributed by atoms with E-state index in [4.69, 9.17) is 4.74 Å². The number of rotatable bonds is 5. The minimum absolute atomic E-state index is 0.0975. The first-order valence-electron chi connectivity index (χ1n) is 9.24. The van der Waals surface area contributed by atoms with E-state index in [2.05, 4.69) is 11.8 Å². The molecule has 3 nitrogen and oxygen atoms in total. The third-order valence-corrected chi connectivity index (χ3v) is 4.87. The maximum Gasteiger partial charge on any atom is 0.161 e. The molecule has 0 aromatic heterocycles. The van der Waals surface area contributed by atoms with Gasteiger partial charge in [-0.05, 0) is 69.9 Å². The normalized spacial score (nSPS) is 15.7. The lowest BCUT2D eigenvalue weighted by Crippen LogP contribution is -2.28. The molecule has 4 heteroatoms. The predicted octanol–water partition coefficient (Wildman–Crippen LogP) is 5.05. The number of aryl methyl sites for hydroxylation is 1. The number of phenols is 1. The minimum atomic E-state index is -0.352. The van der Waals surface area contributed by atoms with Crippen molar-refractivity contribution in [3.05, 3.63) is 58.9 Å². The van der Waals surface area contributed by atoms with E-state index in [1.54, 1.807) is 18.2 Å². The van der Waals surface area contributed by atoms with E-state index < -0.39 is 0 Å². The molecule has 1 aliphatic rings. The van der Waals surface area contributed by atoms with E-state index in [0.29, 0.717) is 18.3 Å². The molecule has 2 aromatic carbocycles. The Morgan fingerprint density at radius 1 is 1.19 bits per heavy atom. The van der Waals surface area contributed by atoms with Gasteiger partial charge in [0.1, 0.15) is 11.4 Å². The quantitative estimate of drug-likeness (QED) is 0.813. The average molecular weight is 357 g/mol. The van der Waals surface area contributed by atoms with Crippen LogP contribution >= 0.6 is 0 Å². The van der Waals surface area contributed by atoms with Crippen molar-refractivity contribution in [2.24, 2.45) is 0 Å². The highest BCUT2D eigenvalue weighted by atomic mass is 19.1. The van der Waals surface area contributed by atoms with Gasteiger partial charge in [-0.15, -0.1) is 0 Å². The zero-order chi connectivity index (χ0) is 18.9. The van der Waals surface area contributed by atoms with Gasteiger partial charge in [-0.25, -0.2) is 4.39 Å². The van der Waals surface area contributed by atoms with Gasteiger partial charge in [-0.2, -0.15) is 0 Å². The van der Waals surface area contributed by atoms with Crippen molar-refractivity contribution >= 4 is 0 Å². The van der Waals surface area contributed by atoms with Gasteiger partial charge in [-0.1, -0.05) is 18.2 Å². The van der Waals surface area contributed by atoms with Gasteiger partial charge >= 0.3 is 0 Å². The van der Waals surface area contributed by atoms with Crippen LogP contribution in [0, 0.1) is 5.82 Å². The number of hydrogen-bond acceptors (Lipinski definition) is 3. The first-order valence-corrected chi connectivity index (χ1v) is 9.24. The minimum Gasteiger partial charge on any atom is -0.504 e. The first-order chi connectivity index (χ1) is 12.2. The molecule has 0 amide bonds. The van der Waals surface area contributed by atoms with Crippen LogP contribution in [0.2, 0.25) is 0 Å². The molecule has 140 valence electrons. The molecular weight excluding hydrogens is 329 g/mol. The number of fused-ring (bicyclic) bond motifs is 1. The largest absolute Gasteiger partial charge is 0.504 e. The van der Waals surface area contributed by atoms with Gasteiger partial charge < -0.3 is 9.84 Å². The van der Waals surface area contributed by atoms with E-state index in [-0.39, 0.29) is 17.2 Å². The summed E-state index contributed by atoms with van der Waals surface area (Å²) in [5, 5.41) is 10.0. The summed E-state index contributed by atoms with van der Waals surface area (Å²) in [5.74, 6) is 0.597. The van der Waals surface area contributed by atoms with Crippen LogP contribution in [0.15, 0.2) is 36.4 Å². The Balaban J connectivity index is 1.61. The molecule has 2 aromatic rings. The molecule has 1 N–H and O–H groups in total. The maximum absolute atomic E-state index is 13.9. The van der Waals surface area contributed by atoms with Crippen LogP contribution in [-0.4, -0.2) is 21.6 Å². The number of halogens is 1. The van der Waals surface area contributed by atoms with Gasteiger partial charge in [-0.3, -0.25) is 4.90 Å². The van der Waals surface area contributed by atoms with Crippen molar-refractivity contribution in [3.63, 3.8) is 0 Å². The third-order valence-electron chi connectivity index (χ3n) is 4.87. The highest BCUT2D eigenvalue weighted by Gasteiger charge is 2.25. The highest BCUT2D eigenvalue weighted by molar-refractivity contribution is 5.42.